The number of hydrogen-bond acceptors (Lipinski definition) is 4. The van der Waals surface area contributed by atoms with Gasteiger partial charge in [-0.25, -0.2) is 0 Å². The Kier molecular flexibility index (Phi) is 8.82. The van der Waals surface area contributed by atoms with Gasteiger partial charge >= 0.3 is 0 Å². The highest BCUT2D eigenvalue weighted by molar-refractivity contribution is 9.10. The minimum absolute atomic E-state index is 0.0429. The number of rotatable bonds is 10. The van der Waals surface area contributed by atoms with E-state index in [1.54, 1.807) is 0 Å². The maximum absolute atomic E-state index is 8.61. The standard InChI is InChI=1S/C14H22BrNO3/c1-2-6-16-11-12-4-3-5-13(15)14(12)19-10-9-18-8-7-17/h3-5,16-17H,2,6-11H2,1H3. The summed E-state index contributed by atoms with van der Waals surface area (Å²) in [5.41, 5.74) is 1.13. The Labute approximate surface area is 123 Å². The normalized spacial score (nSPS) is 10.7. The SMILES string of the molecule is CCCNCc1cccc(Br)c1OCCOCCO. The van der Waals surface area contributed by atoms with Crippen LogP contribution < -0.4 is 10.1 Å². The summed E-state index contributed by atoms with van der Waals surface area (Å²) in [6.45, 7) is 5.27. The van der Waals surface area contributed by atoms with E-state index in [9.17, 15) is 0 Å². The van der Waals surface area contributed by atoms with Gasteiger partial charge in [-0.05, 0) is 35.0 Å². The van der Waals surface area contributed by atoms with Crippen molar-refractivity contribution in [2.24, 2.45) is 0 Å². The Balaban J connectivity index is 2.49. The lowest BCUT2D eigenvalue weighted by Crippen LogP contribution is -2.16. The fourth-order valence-electron chi connectivity index (χ4n) is 1.62. The van der Waals surface area contributed by atoms with E-state index in [0.717, 1.165) is 35.3 Å². The molecule has 0 fully saturated rings. The molecule has 0 atom stereocenters. The number of hydrogen-bond donors (Lipinski definition) is 2. The average molecular weight is 332 g/mol. The van der Waals surface area contributed by atoms with Crippen molar-refractivity contribution >= 4 is 15.9 Å². The van der Waals surface area contributed by atoms with Crippen molar-refractivity contribution < 1.29 is 14.6 Å². The largest absolute Gasteiger partial charge is 0.490 e. The van der Waals surface area contributed by atoms with Gasteiger partial charge in [-0.1, -0.05) is 19.1 Å². The van der Waals surface area contributed by atoms with E-state index in [-0.39, 0.29) is 6.61 Å². The molecular formula is C14H22BrNO3. The van der Waals surface area contributed by atoms with Gasteiger partial charge in [0.25, 0.3) is 0 Å². The van der Waals surface area contributed by atoms with Crippen molar-refractivity contribution in [3.05, 3.63) is 28.2 Å². The van der Waals surface area contributed by atoms with Crippen LogP contribution in [0.5, 0.6) is 5.75 Å². The monoisotopic (exact) mass is 331 g/mol. The third-order valence-electron chi connectivity index (χ3n) is 2.50. The molecule has 1 rings (SSSR count). The van der Waals surface area contributed by atoms with Crippen LogP contribution >= 0.6 is 15.9 Å². The Bertz CT molecular complexity index is 361. The Hall–Kier alpha value is -0.620. The minimum atomic E-state index is 0.0429. The predicted molar refractivity (Wildman–Crippen MR) is 79.5 cm³/mol. The van der Waals surface area contributed by atoms with Gasteiger partial charge in [-0.15, -0.1) is 0 Å². The van der Waals surface area contributed by atoms with Crippen molar-refractivity contribution in [1.82, 2.24) is 5.32 Å². The average Bonchev–Trinajstić information content (AvgIpc) is 2.41. The molecule has 1 aromatic rings. The summed E-state index contributed by atoms with van der Waals surface area (Å²) in [6.07, 6.45) is 1.11. The molecular weight excluding hydrogens is 310 g/mol. The highest BCUT2D eigenvalue weighted by atomic mass is 79.9. The molecule has 4 nitrogen and oxygen atoms in total. The summed E-state index contributed by atoms with van der Waals surface area (Å²) in [6, 6.07) is 6.02. The lowest BCUT2D eigenvalue weighted by atomic mass is 10.2. The molecule has 0 aliphatic heterocycles. The molecule has 0 spiro atoms. The molecule has 0 aliphatic carbocycles. The molecule has 19 heavy (non-hydrogen) atoms. The Morgan fingerprint density at radius 3 is 2.84 bits per heavy atom. The second kappa shape index (κ2) is 10.2. The van der Waals surface area contributed by atoms with Crippen LogP contribution in [0.2, 0.25) is 0 Å². The smallest absolute Gasteiger partial charge is 0.138 e. The van der Waals surface area contributed by atoms with Crippen LogP contribution in [0.25, 0.3) is 0 Å². The first-order valence-electron chi connectivity index (χ1n) is 6.59. The number of aliphatic hydroxyl groups excluding tert-OH is 1. The lowest BCUT2D eigenvalue weighted by molar-refractivity contribution is 0.0701. The molecule has 0 amide bonds. The molecule has 1 aromatic carbocycles. The zero-order chi connectivity index (χ0) is 13.9. The second-order valence-electron chi connectivity index (χ2n) is 4.09. The third-order valence-corrected chi connectivity index (χ3v) is 3.12. The van der Waals surface area contributed by atoms with Gasteiger partial charge in [0.2, 0.25) is 0 Å². The van der Waals surface area contributed by atoms with Gasteiger partial charge in [0.05, 0.1) is 24.3 Å². The molecule has 108 valence electrons. The van der Waals surface area contributed by atoms with Gasteiger partial charge in [-0.3, -0.25) is 0 Å². The van der Waals surface area contributed by atoms with E-state index in [1.807, 2.05) is 12.1 Å². The van der Waals surface area contributed by atoms with Crippen LogP contribution in [0.3, 0.4) is 0 Å². The maximum atomic E-state index is 8.61. The molecule has 5 heteroatoms. The van der Waals surface area contributed by atoms with Crippen molar-refractivity contribution in [2.45, 2.75) is 19.9 Å². The number of nitrogens with one attached hydrogen (secondary N) is 1. The van der Waals surface area contributed by atoms with Crippen LogP contribution in [0.4, 0.5) is 0 Å². The zero-order valence-electron chi connectivity index (χ0n) is 11.3. The fraction of sp³-hybridized carbons (Fsp3) is 0.571. The minimum Gasteiger partial charge on any atom is -0.490 e. The van der Waals surface area contributed by atoms with Crippen molar-refractivity contribution in [1.29, 1.82) is 0 Å². The number of benzene rings is 1. The first-order chi connectivity index (χ1) is 9.29. The molecule has 0 bridgehead atoms. The second-order valence-corrected chi connectivity index (χ2v) is 4.94. The molecule has 2 N–H and O–H groups in total. The maximum Gasteiger partial charge on any atom is 0.138 e. The molecule has 0 saturated carbocycles. The van der Waals surface area contributed by atoms with E-state index < -0.39 is 0 Å². The molecule has 0 radical (unpaired) electrons. The van der Waals surface area contributed by atoms with Crippen molar-refractivity contribution in [2.75, 3.05) is 33.0 Å². The number of para-hydroxylation sites is 1. The van der Waals surface area contributed by atoms with Crippen LogP contribution in [-0.2, 0) is 11.3 Å². The third kappa shape index (κ3) is 6.38. The van der Waals surface area contributed by atoms with Crippen LogP contribution in [0.15, 0.2) is 22.7 Å². The van der Waals surface area contributed by atoms with Crippen molar-refractivity contribution in [3.63, 3.8) is 0 Å². The quantitative estimate of drug-likeness (QED) is 0.646. The Morgan fingerprint density at radius 2 is 2.11 bits per heavy atom. The lowest BCUT2D eigenvalue weighted by Gasteiger charge is -2.14. The van der Waals surface area contributed by atoms with Gasteiger partial charge in [0.15, 0.2) is 0 Å². The van der Waals surface area contributed by atoms with E-state index in [1.165, 1.54) is 0 Å². The summed E-state index contributed by atoms with van der Waals surface area (Å²) in [4.78, 5) is 0. The highest BCUT2D eigenvalue weighted by Crippen LogP contribution is 2.29. The Morgan fingerprint density at radius 1 is 1.26 bits per heavy atom. The summed E-state index contributed by atoms with van der Waals surface area (Å²) >= 11 is 3.51. The molecule has 0 aliphatic rings. The first kappa shape index (κ1) is 16.4. The van der Waals surface area contributed by atoms with E-state index >= 15 is 0 Å². The fourth-order valence-corrected chi connectivity index (χ4v) is 2.15. The summed E-state index contributed by atoms with van der Waals surface area (Å²) in [5.74, 6) is 0.860. The first-order valence-corrected chi connectivity index (χ1v) is 7.38. The predicted octanol–water partition coefficient (Wildman–Crippen LogP) is 2.34. The number of halogens is 1. The summed E-state index contributed by atoms with van der Waals surface area (Å²) < 4.78 is 11.9. The zero-order valence-corrected chi connectivity index (χ0v) is 12.9. The number of ether oxygens (including phenoxy) is 2. The van der Waals surface area contributed by atoms with Gasteiger partial charge in [0.1, 0.15) is 12.4 Å². The molecule has 0 aromatic heterocycles. The van der Waals surface area contributed by atoms with Gasteiger partial charge in [-0.2, -0.15) is 0 Å². The highest BCUT2D eigenvalue weighted by Gasteiger charge is 2.07. The number of aliphatic hydroxyl groups is 1. The van der Waals surface area contributed by atoms with E-state index in [4.69, 9.17) is 14.6 Å². The van der Waals surface area contributed by atoms with Crippen LogP contribution in [0.1, 0.15) is 18.9 Å². The summed E-state index contributed by atoms with van der Waals surface area (Å²) in [5, 5.41) is 12.0. The van der Waals surface area contributed by atoms with E-state index in [2.05, 4.69) is 34.2 Å². The molecule has 0 unspecified atom stereocenters. The van der Waals surface area contributed by atoms with Gasteiger partial charge < -0.3 is 19.9 Å². The molecule has 0 saturated heterocycles. The van der Waals surface area contributed by atoms with Crippen molar-refractivity contribution in [3.8, 4) is 5.75 Å². The topological polar surface area (TPSA) is 50.7 Å². The molecule has 0 heterocycles. The van der Waals surface area contributed by atoms with Crippen LogP contribution in [-0.4, -0.2) is 38.1 Å². The van der Waals surface area contributed by atoms with Crippen LogP contribution in [0, 0.1) is 0 Å². The van der Waals surface area contributed by atoms with Gasteiger partial charge in [0, 0.05) is 12.1 Å². The van der Waals surface area contributed by atoms with E-state index in [0.29, 0.717) is 19.8 Å². The summed E-state index contributed by atoms with van der Waals surface area (Å²) in [7, 11) is 0.